The van der Waals surface area contributed by atoms with Crippen LogP contribution in [0.5, 0.6) is 0 Å². The van der Waals surface area contributed by atoms with Crippen LogP contribution in [0.3, 0.4) is 0 Å². The Hall–Kier alpha value is -3.43. The van der Waals surface area contributed by atoms with Gasteiger partial charge in [0, 0.05) is 62.4 Å². The normalized spacial score (nSPS) is 19.2. The molecule has 6 nitrogen and oxygen atoms in total. The molecular formula is C33H40N4O2. The van der Waals surface area contributed by atoms with Crippen LogP contribution in [0.2, 0.25) is 0 Å². The van der Waals surface area contributed by atoms with Crippen LogP contribution in [0.25, 0.3) is 10.8 Å². The maximum absolute atomic E-state index is 11.8. The van der Waals surface area contributed by atoms with Gasteiger partial charge in [0.05, 0.1) is 11.5 Å². The maximum atomic E-state index is 11.8. The third-order valence-corrected chi connectivity index (χ3v) is 8.73. The Bertz CT molecular complexity index is 1290. The average Bonchev–Trinajstić information content (AvgIpc) is 2.94. The summed E-state index contributed by atoms with van der Waals surface area (Å²) in [7, 11) is 0. The van der Waals surface area contributed by atoms with Gasteiger partial charge < -0.3 is 14.5 Å². The van der Waals surface area contributed by atoms with Gasteiger partial charge in [0.15, 0.2) is 0 Å². The number of fused-ring (bicyclic) bond motifs is 1. The average molecular weight is 525 g/mol. The number of esters is 1. The van der Waals surface area contributed by atoms with Crippen molar-refractivity contribution in [3.63, 3.8) is 0 Å². The van der Waals surface area contributed by atoms with Gasteiger partial charge in [0.25, 0.3) is 0 Å². The second kappa shape index (κ2) is 12.2. The Labute approximate surface area is 232 Å². The van der Waals surface area contributed by atoms with Gasteiger partial charge in [0.2, 0.25) is 0 Å². The van der Waals surface area contributed by atoms with Crippen molar-refractivity contribution in [3.8, 4) is 6.07 Å². The topological polar surface area (TPSA) is 69.5 Å². The van der Waals surface area contributed by atoms with E-state index in [1.807, 2.05) is 30.6 Å². The maximum Gasteiger partial charge on any atom is 0.302 e. The molecular weight excluding hydrogens is 484 g/mol. The molecule has 3 heterocycles. The number of likely N-dealkylation sites (tertiary alicyclic amines) is 1. The predicted octanol–water partition coefficient (Wildman–Crippen LogP) is 5.97. The summed E-state index contributed by atoms with van der Waals surface area (Å²) in [5.41, 5.74) is 1.68. The van der Waals surface area contributed by atoms with E-state index in [2.05, 4.69) is 64.2 Å². The SMILES string of the molecule is CCC[C@@H](CC(C#N)(c1ccccc1)C1CCN(CC2CN(c3ccc4ccncc4c3)C2)CC1)OC(C)=O. The van der Waals surface area contributed by atoms with Crippen LogP contribution in [0.4, 0.5) is 5.69 Å². The summed E-state index contributed by atoms with van der Waals surface area (Å²) in [5, 5.41) is 13.1. The molecule has 5 rings (SSSR count). The highest BCUT2D eigenvalue weighted by Gasteiger charge is 2.44. The predicted molar refractivity (Wildman–Crippen MR) is 155 cm³/mol. The van der Waals surface area contributed by atoms with Crippen LogP contribution in [0.1, 0.15) is 51.5 Å². The Morgan fingerprint density at radius 1 is 1.13 bits per heavy atom. The molecule has 0 amide bonds. The van der Waals surface area contributed by atoms with Crippen LogP contribution in [-0.2, 0) is 14.9 Å². The van der Waals surface area contributed by atoms with Gasteiger partial charge in [0.1, 0.15) is 6.10 Å². The molecule has 1 unspecified atom stereocenters. The molecule has 0 radical (unpaired) electrons. The number of aromatic nitrogens is 1. The summed E-state index contributed by atoms with van der Waals surface area (Å²) in [5.74, 6) is 0.636. The molecule has 0 bridgehead atoms. The minimum absolute atomic E-state index is 0.236. The van der Waals surface area contributed by atoms with Crippen molar-refractivity contribution >= 4 is 22.4 Å². The quantitative estimate of drug-likeness (QED) is 0.305. The van der Waals surface area contributed by atoms with E-state index in [0.29, 0.717) is 12.3 Å². The zero-order chi connectivity index (χ0) is 27.2. The number of carbonyl (C=O) groups is 1. The number of pyridine rings is 1. The monoisotopic (exact) mass is 524 g/mol. The van der Waals surface area contributed by atoms with Gasteiger partial charge in [-0.1, -0.05) is 49.7 Å². The van der Waals surface area contributed by atoms with Gasteiger partial charge in [-0.3, -0.25) is 9.78 Å². The molecule has 2 aliphatic rings. The minimum Gasteiger partial charge on any atom is -0.462 e. The van der Waals surface area contributed by atoms with E-state index in [0.717, 1.165) is 64.0 Å². The van der Waals surface area contributed by atoms with Gasteiger partial charge in [-0.2, -0.15) is 5.26 Å². The Morgan fingerprint density at radius 2 is 1.90 bits per heavy atom. The number of carbonyl (C=O) groups excluding carboxylic acids is 1. The van der Waals surface area contributed by atoms with Crippen molar-refractivity contribution in [2.75, 3.05) is 37.6 Å². The number of hydrogen-bond acceptors (Lipinski definition) is 6. The third kappa shape index (κ3) is 6.09. The smallest absolute Gasteiger partial charge is 0.302 e. The molecule has 2 saturated heterocycles. The van der Waals surface area contributed by atoms with E-state index in [-0.39, 0.29) is 18.0 Å². The highest BCUT2D eigenvalue weighted by molar-refractivity contribution is 5.85. The van der Waals surface area contributed by atoms with Gasteiger partial charge in [-0.25, -0.2) is 0 Å². The van der Waals surface area contributed by atoms with Crippen molar-refractivity contribution < 1.29 is 9.53 Å². The summed E-state index contributed by atoms with van der Waals surface area (Å²) >= 11 is 0. The molecule has 0 N–H and O–H groups in total. The fraction of sp³-hybridized carbons (Fsp3) is 0.485. The summed E-state index contributed by atoms with van der Waals surface area (Å²) in [6.45, 7) is 8.85. The van der Waals surface area contributed by atoms with Crippen LogP contribution in [-0.4, -0.2) is 54.7 Å². The fourth-order valence-electron chi connectivity index (χ4n) is 6.71. The number of benzene rings is 2. The van der Waals surface area contributed by atoms with Crippen molar-refractivity contribution in [3.05, 3.63) is 72.6 Å². The van der Waals surface area contributed by atoms with Crippen LogP contribution in [0.15, 0.2) is 67.0 Å². The van der Waals surface area contributed by atoms with E-state index in [1.54, 1.807) is 0 Å². The number of anilines is 1. The molecule has 2 atom stereocenters. The molecule has 0 spiro atoms. The van der Waals surface area contributed by atoms with Crippen molar-refractivity contribution in [2.24, 2.45) is 11.8 Å². The molecule has 1 aromatic heterocycles. The lowest BCUT2D eigenvalue weighted by molar-refractivity contribution is -0.147. The van der Waals surface area contributed by atoms with E-state index in [4.69, 9.17) is 4.74 Å². The lowest BCUT2D eigenvalue weighted by Crippen LogP contribution is -2.53. The molecule has 2 aromatic carbocycles. The molecule has 39 heavy (non-hydrogen) atoms. The molecule has 2 fully saturated rings. The number of nitriles is 1. The number of nitrogens with zero attached hydrogens (tertiary/aromatic N) is 4. The Kier molecular flexibility index (Phi) is 8.47. The zero-order valence-electron chi connectivity index (χ0n) is 23.3. The molecule has 6 heteroatoms. The lowest BCUT2D eigenvalue weighted by Gasteiger charge is -2.46. The first-order valence-corrected chi connectivity index (χ1v) is 14.5. The lowest BCUT2D eigenvalue weighted by atomic mass is 9.64. The van der Waals surface area contributed by atoms with Crippen molar-refractivity contribution in [1.82, 2.24) is 9.88 Å². The summed E-state index contributed by atoms with van der Waals surface area (Å²) in [6.07, 6.45) is 7.76. The highest BCUT2D eigenvalue weighted by Crippen LogP contribution is 2.43. The molecule has 0 saturated carbocycles. The number of hydrogen-bond donors (Lipinski definition) is 0. The van der Waals surface area contributed by atoms with Crippen molar-refractivity contribution in [1.29, 1.82) is 5.26 Å². The van der Waals surface area contributed by atoms with Crippen LogP contribution < -0.4 is 4.90 Å². The Balaban J connectivity index is 1.21. The van der Waals surface area contributed by atoms with E-state index in [9.17, 15) is 10.1 Å². The van der Waals surface area contributed by atoms with Crippen LogP contribution >= 0.6 is 0 Å². The largest absolute Gasteiger partial charge is 0.462 e. The van der Waals surface area contributed by atoms with Gasteiger partial charge in [-0.05, 0) is 67.4 Å². The van der Waals surface area contributed by atoms with E-state index < -0.39 is 5.41 Å². The number of ether oxygens (including phenoxy) is 1. The van der Waals surface area contributed by atoms with Gasteiger partial charge >= 0.3 is 5.97 Å². The molecule has 2 aliphatic heterocycles. The number of rotatable bonds is 10. The first kappa shape index (κ1) is 27.1. The van der Waals surface area contributed by atoms with E-state index in [1.165, 1.54) is 23.4 Å². The molecule has 0 aliphatic carbocycles. The number of piperidine rings is 1. The summed E-state index contributed by atoms with van der Waals surface area (Å²) < 4.78 is 5.72. The van der Waals surface area contributed by atoms with Crippen LogP contribution in [0, 0.1) is 23.2 Å². The first-order valence-electron chi connectivity index (χ1n) is 14.5. The summed E-state index contributed by atoms with van der Waals surface area (Å²) in [4.78, 5) is 21.2. The molecule has 3 aromatic rings. The van der Waals surface area contributed by atoms with Crippen molar-refractivity contribution in [2.45, 2.75) is 57.5 Å². The standard InChI is InChI=1S/C33H40N4O2/c1-3-7-32(39-25(2)38)19-33(24-34,29-8-5-4-6-9-29)30-13-16-36(17-14-30)21-26-22-37(23-26)31-11-10-27-12-15-35-20-28(27)18-31/h4-6,8-12,15,18,20,26,30,32H,3,7,13-14,16-17,19,21-23H2,1-2H3/t32-,33?/m0/s1. The third-order valence-electron chi connectivity index (χ3n) is 8.73. The second-order valence-corrected chi connectivity index (χ2v) is 11.4. The zero-order valence-corrected chi connectivity index (χ0v) is 23.3. The first-order chi connectivity index (χ1) is 19.0. The highest BCUT2D eigenvalue weighted by atomic mass is 16.5. The second-order valence-electron chi connectivity index (χ2n) is 11.4. The van der Waals surface area contributed by atoms with E-state index >= 15 is 0 Å². The minimum atomic E-state index is -0.652. The van der Waals surface area contributed by atoms with Gasteiger partial charge in [-0.15, -0.1) is 0 Å². The molecule has 204 valence electrons. The Morgan fingerprint density at radius 3 is 2.59 bits per heavy atom. The fourth-order valence-corrected chi connectivity index (χ4v) is 6.71. The summed E-state index contributed by atoms with van der Waals surface area (Å²) in [6, 6.07) is 21.7.